The molecule has 0 amide bonds. The van der Waals surface area contributed by atoms with E-state index < -0.39 is 23.2 Å². The number of halogens is 2. The molecule has 16 heavy (non-hydrogen) atoms. The van der Waals surface area contributed by atoms with Crippen LogP contribution in [0.5, 0.6) is 0 Å². The highest BCUT2D eigenvalue weighted by molar-refractivity contribution is 8.00. The largest absolute Gasteiger partial charge is 0.351 e. The Morgan fingerprint density at radius 3 is 2.31 bits per heavy atom. The number of hydrogen-bond donors (Lipinski definition) is 0. The van der Waals surface area contributed by atoms with Gasteiger partial charge in [-0.25, -0.2) is 0 Å². The van der Waals surface area contributed by atoms with Crippen LogP contribution in [0.15, 0.2) is 30.3 Å². The SMILES string of the molecule is CSC(F)(F)C(=O)CC(=O)c1ccccc1. The first-order valence-corrected chi connectivity index (χ1v) is 5.74. The molecular weight excluding hydrogens is 234 g/mol. The number of carbonyl (C=O) groups is 2. The predicted octanol–water partition coefficient (Wildman–Crippen LogP) is 2.78. The van der Waals surface area contributed by atoms with Crippen LogP contribution in [0.2, 0.25) is 0 Å². The van der Waals surface area contributed by atoms with E-state index in [-0.39, 0.29) is 17.3 Å². The Balaban J connectivity index is 2.70. The second kappa shape index (κ2) is 5.21. The molecule has 0 bridgehead atoms. The zero-order chi connectivity index (χ0) is 12.2. The number of ketones is 2. The van der Waals surface area contributed by atoms with Crippen molar-refractivity contribution in [2.75, 3.05) is 6.26 Å². The van der Waals surface area contributed by atoms with Gasteiger partial charge in [0.15, 0.2) is 5.78 Å². The lowest BCUT2D eigenvalue weighted by molar-refractivity contribution is -0.131. The minimum Gasteiger partial charge on any atom is -0.294 e. The first-order valence-electron chi connectivity index (χ1n) is 4.52. The minimum absolute atomic E-state index is 0.137. The van der Waals surface area contributed by atoms with Crippen LogP contribution in [0, 0.1) is 0 Å². The zero-order valence-electron chi connectivity index (χ0n) is 8.57. The van der Waals surface area contributed by atoms with Gasteiger partial charge in [0, 0.05) is 5.56 Å². The van der Waals surface area contributed by atoms with Crippen LogP contribution in [-0.4, -0.2) is 23.1 Å². The molecule has 0 atom stereocenters. The smallest absolute Gasteiger partial charge is 0.294 e. The van der Waals surface area contributed by atoms with Gasteiger partial charge in [-0.05, 0) is 6.26 Å². The summed E-state index contributed by atoms with van der Waals surface area (Å²) >= 11 is 0.137. The first-order chi connectivity index (χ1) is 7.47. The van der Waals surface area contributed by atoms with E-state index in [1.54, 1.807) is 18.2 Å². The third kappa shape index (κ3) is 3.13. The minimum atomic E-state index is -3.48. The number of benzene rings is 1. The molecule has 0 radical (unpaired) electrons. The predicted molar refractivity (Wildman–Crippen MR) is 58.9 cm³/mol. The van der Waals surface area contributed by atoms with E-state index in [9.17, 15) is 18.4 Å². The van der Waals surface area contributed by atoms with Crippen molar-refractivity contribution >= 4 is 23.3 Å². The van der Waals surface area contributed by atoms with E-state index in [1.807, 2.05) is 0 Å². The van der Waals surface area contributed by atoms with Crippen LogP contribution in [-0.2, 0) is 4.79 Å². The van der Waals surface area contributed by atoms with Gasteiger partial charge < -0.3 is 0 Å². The van der Waals surface area contributed by atoms with E-state index in [0.29, 0.717) is 0 Å². The Morgan fingerprint density at radius 1 is 1.25 bits per heavy atom. The molecule has 0 aromatic heterocycles. The second-order valence-electron chi connectivity index (χ2n) is 3.11. The fourth-order valence-corrected chi connectivity index (χ4v) is 1.39. The summed E-state index contributed by atoms with van der Waals surface area (Å²) in [6.07, 6.45) is 0.364. The Hall–Kier alpha value is -1.23. The molecule has 0 fully saturated rings. The molecule has 0 spiro atoms. The van der Waals surface area contributed by atoms with Crippen molar-refractivity contribution in [3.63, 3.8) is 0 Å². The molecule has 86 valence electrons. The van der Waals surface area contributed by atoms with Gasteiger partial charge in [-0.1, -0.05) is 42.1 Å². The molecule has 0 unspecified atom stereocenters. The van der Waals surface area contributed by atoms with Crippen LogP contribution < -0.4 is 0 Å². The molecule has 0 saturated heterocycles. The highest BCUT2D eigenvalue weighted by Gasteiger charge is 2.38. The highest BCUT2D eigenvalue weighted by atomic mass is 32.2. The standard InChI is InChI=1S/C11H10F2O2S/c1-16-11(12,13)10(15)7-9(14)8-5-3-2-4-6-8/h2-6H,7H2,1H3. The fraction of sp³-hybridized carbons (Fsp3) is 0.273. The fourth-order valence-electron chi connectivity index (χ4n) is 1.09. The summed E-state index contributed by atoms with van der Waals surface area (Å²) in [5.41, 5.74) is 0.271. The summed E-state index contributed by atoms with van der Waals surface area (Å²) in [5.74, 6) is -1.94. The molecule has 0 aliphatic carbocycles. The maximum atomic E-state index is 12.9. The average Bonchev–Trinajstić information content (AvgIpc) is 2.30. The first kappa shape index (κ1) is 12.8. The van der Waals surface area contributed by atoms with Gasteiger partial charge in [-0.3, -0.25) is 9.59 Å². The van der Waals surface area contributed by atoms with Crippen molar-refractivity contribution in [3.8, 4) is 0 Å². The quantitative estimate of drug-likeness (QED) is 0.590. The lowest BCUT2D eigenvalue weighted by Crippen LogP contribution is -2.26. The highest BCUT2D eigenvalue weighted by Crippen LogP contribution is 2.28. The molecule has 0 heterocycles. The van der Waals surface area contributed by atoms with E-state index >= 15 is 0 Å². The van der Waals surface area contributed by atoms with E-state index in [1.165, 1.54) is 12.1 Å². The summed E-state index contributed by atoms with van der Waals surface area (Å²) in [7, 11) is 0. The molecule has 0 aliphatic rings. The lowest BCUT2D eigenvalue weighted by atomic mass is 10.1. The maximum Gasteiger partial charge on any atom is 0.351 e. The third-order valence-corrected chi connectivity index (χ3v) is 2.74. The average molecular weight is 244 g/mol. The second-order valence-corrected chi connectivity index (χ2v) is 4.03. The molecule has 1 aromatic rings. The van der Waals surface area contributed by atoms with Crippen molar-refractivity contribution in [1.29, 1.82) is 0 Å². The monoisotopic (exact) mass is 244 g/mol. The number of thioether (sulfide) groups is 1. The Labute approximate surface area is 96.0 Å². The molecule has 1 aromatic carbocycles. The van der Waals surface area contributed by atoms with Crippen LogP contribution in [0.4, 0.5) is 8.78 Å². The molecule has 1 rings (SSSR count). The van der Waals surface area contributed by atoms with Gasteiger partial charge in [0.05, 0.1) is 6.42 Å². The summed E-state index contributed by atoms with van der Waals surface area (Å²) < 4.78 is 25.8. The summed E-state index contributed by atoms with van der Waals surface area (Å²) in [5, 5.41) is -3.48. The van der Waals surface area contributed by atoms with Crippen molar-refractivity contribution in [1.82, 2.24) is 0 Å². The Kier molecular flexibility index (Phi) is 4.18. The van der Waals surface area contributed by atoms with Crippen LogP contribution in [0.1, 0.15) is 16.8 Å². The summed E-state index contributed by atoms with van der Waals surface area (Å²) in [4.78, 5) is 22.5. The van der Waals surface area contributed by atoms with Crippen molar-refractivity contribution in [2.45, 2.75) is 11.7 Å². The van der Waals surface area contributed by atoms with Crippen LogP contribution >= 0.6 is 11.8 Å². The number of Topliss-reactive ketones (excluding diaryl/α,β-unsaturated/α-hetero) is 2. The molecule has 0 aliphatic heterocycles. The maximum absolute atomic E-state index is 12.9. The topological polar surface area (TPSA) is 34.1 Å². The Morgan fingerprint density at radius 2 is 1.81 bits per heavy atom. The van der Waals surface area contributed by atoms with E-state index in [4.69, 9.17) is 0 Å². The number of rotatable bonds is 5. The van der Waals surface area contributed by atoms with Crippen molar-refractivity contribution in [2.24, 2.45) is 0 Å². The molecular formula is C11H10F2O2S. The summed E-state index contributed by atoms with van der Waals surface area (Å²) in [6.45, 7) is 0. The van der Waals surface area contributed by atoms with E-state index in [2.05, 4.69) is 0 Å². The van der Waals surface area contributed by atoms with Crippen molar-refractivity contribution in [3.05, 3.63) is 35.9 Å². The van der Waals surface area contributed by atoms with Gasteiger partial charge >= 0.3 is 5.25 Å². The van der Waals surface area contributed by atoms with Gasteiger partial charge in [0.1, 0.15) is 0 Å². The van der Waals surface area contributed by atoms with Gasteiger partial charge in [0.2, 0.25) is 5.78 Å². The number of alkyl halides is 2. The van der Waals surface area contributed by atoms with Crippen LogP contribution in [0.3, 0.4) is 0 Å². The Bertz CT molecular complexity index is 390. The molecule has 2 nitrogen and oxygen atoms in total. The third-order valence-electron chi connectivity index (χ3n) is 2.00. The molecule has 0 N–H and O–H groups in total. The van der Waals surface area contributed by atoms with Gasteiger partial charge in [0.25, 0.3) is 0 Å². The number of carbonyl (C=O) groups excluding carboxylic acids is 2. The molecule has 5 heteroatoms. The van der Waals surface area contributed by atoms with Crippen LogP contribution in [0.25, 0.3) is 0 Å². The number of hydrogen-bond acceptors (Lipinski definition) is 3. The van der Waals surface area contributed by atoms with Crippen molar-refractivity contribution < 1.29 is 18.4 Å². The van der Waals surface area contributed by atoms with Gasteiger partial charge in [-0.2, -0.15) is 8.78 Å². The van der Waals surface area contributed by atoms with E-state index in [0.717, 1.165) is 6.26 Å². The van der Waals surface area contributed by atoms with Gasteiger partial charge in [-0.15, -0.1) is 0 Å². The zero-order valence-corrected chi connectivity index (χ0v) is 9.39. The lowest BCUT2D eigenvalue weighted by Gasteiger charge is -2.10. The molecule has 0 saturated carbocycles. The summed E-state index contributed by atoms with van der Waals surface area (Å²) in [6, 6.07) is 7.92. The normalized spacial score (nSPS) is 11.2.